The molecule has 1 unspecified atom stereocenters. The average Bonchev–Trinajstić information content (AvgIpc) is 3.38. The molecule has 1 saturated heterocycles. The molecule has 1 atom stereocenters. The number of benzene rings is 1. The summed E-state index contributed by atoms with van der Waals surface area (Å²) in [7, 11) is 0. The normalized spacial score (nSPS) is 15.8. The summed E-state index contributed by atoms with van der Waals surface area (Å²) in [4.78, 5) is 33.1. The molecule has 1 aromatic carbocycles. The molecule has 8 heteroatoms. The van der Waals surface area contributed by atoms with Gasteiger partial charge in [-0.2, -0.15) is 5.26 Å². The van der Waals surface area contributed by atoms with Crippen LogP contribution in [0.1, 0.15) is 53.9 Å². The Morgan fingerprint density at radius 3 is 2.63 bits per heavy atom. The number of carboxylic acid groups (broad SMARTS) is 1. The summed E-state index contributed by atoms with van der Waals surface area (Å²) in [5.74, 6) is -0.338. The molecule has 4 rings (SSSR count). The van der Waals surface area contributed by atoms with E-state index < -0.39 is 5.97 Å². The summed E-state index contributed by atoms with van der Waals surface area (Å²) < 4.78 is 5.07. The summed E-state index contributed by atoms with van der Waals surface area (Å²) in [5.41, 5.74) is 3.80. The molecule has 0 bridgehead atoms. The standard InChI is InChI=1S/C27H28N4O4/c1-17(2)24-13-22(21-7-5-4-6-19(21)12-25(32)33)23(14-28)26(29-24)30-9-10-31(18(3)15-30)27(34)20-8-11-35-16-20/h4-8,11,13,16-18H,9-10,12,15H2,1-3H3,(H,32,33). The van der Waals surface area contributed by atoms with E-state index >= 15 is 0 Å². The third-order valence-electron chi connectivity index (χ3n) is 6.33. The van der Waals surface area contributed by atoms with E-state index in [4.69, 9.17) is 9.40 Å². The van der Waals surface area contributed by atoms with Crippen LogP contribution in [-0.4, -0.2) is 52.5 Å². The molecule has 1 N–H and O–H groups in total. The zero-order valence-corrected chi connectivity index (χ0v) is 20.1. The Kier molecular flexibility index (Phi) is 6.87. The van der Waals surface area contributed by atoms with E-state index in [1.165, 1.54) is 12.5 Å². The second-order valence-corrected chi connectivity index (χ2v) is 9.09. The number of rotatable bonds is 6. The molecule has 1 amide bonds. The Morgan fingerprint density at radius 1 is 1.23 bits per heavy atom. The highest BCUT2D eigenvalue weighted by Crippen LogP contribution is 2.35. The number of aliphatic carboxylic acids is 1. The number of carboxylic acids is 1. The summed E-state index contributed by atoms with van der Waals surface area (Å²) in [5, 5.41) is 19.6. The second-order valence-electron chi connectivity index (χ2n) is 9.09. The first kappa shape index (κ1) is 24.0. The fourth-order valence-electron chi connectivity index (χ4n) is 4.50. The van der Waals surface area contributed by atoms with Crippen molar-refractivity contribution in [3.05, 3.63) is 71.3 Å². The van der Waals surface area contributed by atoms with Crippen molar-refractivity contribution >= 4 is 17.7 Å². The van der Waals surface area contributed by atoms with E-state index in [2.05, 4.69) is 11.0 Å². The summed E-state index contributed by atoms with van der Waals surface area (Å²) in [6, 6.07) is 13.1. The highest BCUT2D eigenvalue weighted by molar-refractivity contribution is 5.94. The molecule has 8 nitrogen and oxygen atoms in total. The van der Waals surface area contributed by atoms with Gasteiger partial charge in [0.1, 0.15) is 23.7 Å². The zero-order chi connectivity index (χ0) is 25.1. The zero-order valence-electron chi connectivity index (χ0n) is 20.1. The minimum Gasteiger partial charge on any atom is -0.481 e. The average molecular weight is 473 g/mol. The largest absolute Gasteiger partial charge is 0.481 e. The van der Waals surface area contributed by atoms with Crippen LogP contribution < -0.4 is 4.90 Å². The molecule has 0 saturated carbocycles. The summed E-state index contributed by atoms with van der Waals surface area (Å²) in [6.07, 6.45) is 2.80. The molecule has 0 aliphatic carbocycles. The monoisotopic (exact) mass is 472 g/mol. The van der Waals surface area contributed by atoms with Crippen molar-refractivity contribution < 1.29 is 19.1 Å². The lowest BCUT2D eigenvalue weighted by atomic mass is 9.92. The quantitative estimate of drug-likeness (QED) is 0.569. The van der Waals surface area contributed by atoms with Crippen LogP contribution in [0.15, 0.2) is 53.3 Å². The van der Waals surface area contributed by atoms with Gasteiger partial charge in [-0.3, -0.25) is 9.59 Å². The number of carbonyl (C=O) groups excluding carboxylic acids is 1. The molecule has 1 fully saturated rings. The van der Waals surface area contributed by atoms with Gasteiger partial charge in [-0.25, -0.2) is 4.98 Å². The van der Waals surface area contributed by atoms with Crippen LogP contribution in [0.3, 0.4) is 0 Å². The SMILES string of the molecule is CC(C)c1cc(-c2ccccc2CC(=O)O)c(C#N)c(N2CCN(C(=O)c3ccoc3)C(C)C2)n1. The molecule has 0 spiro atoms. The Labute approximate surface area is 204 Å². The number of carbonyl (C=O) groups is 2. The molecular formula is C27H28N4O4. The van der Waals surface area contributed by atoms with Gasteiger partial charge in [-0.15, -0.1) is 0 Å². The van der Waals surface area contributed by atoms with Gasteiger partial charge in [-0.05, 0) is 36.1 Å². The van der Waals surface area contributed by atoms with Gasteiger partial charge in [0.25, 0.3) is 5.91 Å². The Morgan fingerprint density at radius 2 is 2.00 bits per heavy atom. The van der Waals surface area contributed by atoms with Crippen LogP contribution in [0.5, 0.6) is 0 Å². The molecule has 180 valence electrons. The van der Waals surface area contributed by atoms with E-state index in [1.807, 2.05) is 43.9 Å². The van der Waals surface area contributed by atoms with Gasteiger partial charge < -0.3 is 19.3 Å². The maximum Gasteiger partial charge on any atom is 0.307 e. The van der Waals surface area contributed by atoms with Crippen LogP contribution in [0.25, 0.3) is 11.1 Å². The minimum atomic E-state index is -0.929. The molecule has 1 aliphatic heterocycles. The minimum absolute atomic E-state index is 0.0846. The number of aromatic nitrogens is 1. The van der Waals surface area contributed by atoms with Crippen molar-refractivity contribution in [3.63, 3.8) is 0 Å². The predicted molar refractivity (Wildman–Crippen MR) is 131 cm³/mol. The summed E-state index contributed by atoms with van der Waals surface area (Å²) >= 11 is 0. The van der Waals surface area contributed by atoms with Gasteiger partial charge in [0.05, 0.1) is 18.2 Å². The molecule has 3 aromatic rings. The third kappa shape index (κ3) is 4.90. The van der Waals surface area contributed by atoms with E-state index in [0.717, 1.165) is 11.3 Å². The molecule has 2 aromatic heterocycles. The van der Waals surface area contributed by atoms with Crippen LogP contribution in [0.4, 0.5) is 5.82 Å². The lowest BCUT2D eigenvalue weighted by Crippen LogP contribution is -2.54. The van der Waals surface area contributed by atoms with E-state index in [1.54, 1.807) is 18.2 Å². The fraction of sp³-hybridized carbons (Fsp3) is 0.333. The number of anilines is 1. The predicted octanol–water partition coefficient (Wildman–Crippen LogP) is 4.31. The van der Waals surface area contributed by atoms with Gasteiger partial charge in [0, 0.05) is 36.9 Å². The van der Waals surface area contributed by atoms with Gasteiger partial charge in [-0.1, -0.05) is 38.1 Å². The number of furan rings is 1. The second kappa shape index (κ2) is 10.0. The Bertz CT molecular complexity index is 1280. The maximum absolute atomic E-state index is 12.9. The lowest BCUT2D eigenvalue weighted by Gasteiger charge is -2.40. The molecular weight excluding hydrogens is 444 g/mol. The highest BCUT2D eigenvalue weighted by atomic mass is 16.4. The van der Waals surface area contributed by atoms with Crippen molar-refractivity contribution in [2.24, 2.45) is 0 Å². The van der Waals surface area contributed by atoms with Crippen LogP contribution in [0.2, 0.25) is 0 Å². The third-order valence-corrected chi connectivity index (χ3v) is 6.33. The van der Waals surface area contributed by atoms with Crippen molar-refractivity contribution in [2.75, 3.05) is 24.5 Å². The topological polar surface area (TPSA) is 111 Å². The number of pyridine rings is 1. The van der Waals surface area contributed by atoms with Gasteiger partial charge >= 0.3 is 5.97 Å². The first-order valence-corrected chi connectivity index (χ1v) is 11.6. The lowest BCUT2D eigenvalue weighted by molar-refractivity contribution is -0.136. The van der Waals surface area contributed by atoms with E-state index in [-0.39, 0.29) is 24.3 Å². The number of nitrogens with zero attached hydrogens (tertiary/aromatic N) is 4. The van der Waals surface area contributed by atoms with Crippen LogP contribution >= 0.6 is 0 Å². The highest BCUT2D eigenvalue weighted by Gasteiger charge is 2.31. The molecule has 3 heterocycles. The number of amides is 1. The molecule has 0 radical (unpaired) electrons. The smallest absolute Gasteiger partial charge is 0.307 e. The van der Waals surface area contributed by atoms with Crippen LogP contribution in [0, 0.1) is 11.3 Å². The first-order chi connectivity index (χ1) is 16.8. The van der Waals surface area contributed by atoms with Crippen molar-refractivity contribution in [1.29, 1.82) is 5.26 Å². The first-order valence-electron chi connectivity index (χ1n) is 11.6. The van der Waals surface area contributed by atoms with Crippen molar-refractivity contribution in [2.45, 2.75) is 39.2 Å². The number of hydrogen-bond acceptors (Lipinski definition) is 6. The fourth-order valence-corrected chi connectivity index (χ4v) is 4.50. The molecule has 35 heavy (non-hydrogen) atoms. The van der Waals surface area contributed by atoms with E-state index in [9.17, 15) is 20.0 Å². The van der Waals surface area contributed by atoms with Crippen LogP contribution in [-0.2, 0) is 11.2 Å². The molecule has 1 aliphatic rings. The number of piperazine rings is 1. The van der Waals surface area contributed by atoms with E-state index in [0.29, 0.717) is 47.7 Å². The van der Waals surface area contributed by atoms with Crippen molar-refractivity contribution in [1.82, 2.24) is 9.88 Å². The van der Waals surface area contributed by atoms with Crippen molar-refractivity contribution in [3.8, 4) is 17.2 Å². The maximum atomic E-state index is 12.9. The van der Waals surface area contributed by atoms with Gasteiger partial charge in [0.15, 0.2) is 0 Å². The Balaban J connectivity index is 1.74. The summed E-state index contributed by atoms with van der Waals surface area (Å²) in [6.45, 7) is 7.57. The Hall–Kier alpha value is -4.12. The van der Waals surface area contributed by atoms with Gasteiger partial charge in [0.2, 0.25) is 0 Å². The number of nitriles is 1. The number of hydrogen-bond donors (Lipinski definition) is 1.